The Labute approximate surface area is 199 Å². The highest BCUT2D eigenvalue weighted by Gasteiger charge is 2.34. The highest BCUT2D eigenvalue weighted by molar-refractivity contribution is 14.2. The number of benzene rings is 1. The number of anilines is 1. The number of nitrogens with one attached hydrogen (secondary N) is 1. The first kappa shape index (κ1) is 20.0. The molecule has 1 saturated heterocycles. The molecule has 2 aliphatic rings. The van der Waals surface area contributed by atoms with Gasteiger partial charge in [0.2, 0.25) is 0 Å². The van der Waals surface area contributed by atoms with E-state index in [9.17, 15) is 0 Å². The Balaban J connectivity index is 1.30. The third-order valence-electron chi connectivity index (χ3n) is 6.11. The van der Waals surface area contributed by atoms with Gasteiger partial charge in [-0.25, -0.2) is 9.44 Å². The molecular weight excluding hydrogens is 540 g/mol. The van der Waals surface area contributed by atoms with Crippen molar-refractivity contribution in [1.29, 1.82) is 0 Å². The molecule has 1 aliphatic heterocycles. The van der Waals surface area contributed by atoms with Gasteiger partial charge in [-0.2, -0.15) is 5.10 Å². The molecule has 0 radical (unpaired) electrons. The maximum atomic E-state index is 4.66. The lowest BCUT2D eigenvalue weighted by Gasteiger charge is -2.34. The molecular formula is C21H21IN7PS. The summed E-state index contributed by atoms with van der Waals surface area (Å²) in [6.07, 6.45) is 7.29. The monoisotopic (exact) mass is 561 g/mol. The van der Waals surface area contributed by atoms with Crippen LogP contribution < -0.4 is 10.2 Å². The number of fused-ring (bicyclic) bond motifs is 1. The molecule has 3 aromatic heterocycles. The van der Waals surface area contributed by atoms with Crippen LogP contribution in [0.15, 0.2) is 42.2 Å². The first-order valence-corrected chi connectivity index (χ1v) is 15.3. The van der Waals surface area contributed by atoms with Gasteiger partial charge in [-0.05, 0) is 52.9 Å². The van der Waals surface area contributed by atoms with E-state index in [1.165, 1.54) is 12.8 Å². The van der Waals surface area contributed by atoms with Gasteiger partial charge in [0.05, 0.1) is 34.0 Å². The molecule has 0 spiro atoms. The van der Waals surface area contributed by atoms with E-state index in [0.717, 1.165) is 64.0 Å². The normalized spacial score (nSPS) is 19.6. The van der Waals surface area contributed by atoms with Crippen molar-refractivity contribution in [3.05, 3.63) is 42.2 Å². The Morgan fingerprint density at radius 1 is 1.13 bits per heavy atom. The molecule has 6 rings (SSSR count). The molecule has 1 aromatic carbocycles. The van der Waals surface area contributed by atoms with Gasteiger partial charge in [0.15, 0.2) is 5.82 Å². The third kappa shape index (κ3) is 3.86. The summed E-state index contributed by atoms with van der Waals surface area (Å²) in [6, 6.07) is 9.07. The molecule has 1 aliphatic carbocycles. The van der Waals surface area contributed by atoms with E-state index in [-0.39, 0.29) is 0 Å². The van der Waals surface area contributed by atoms with Gasteiger partial charge >= 0.3 is 0 Å². The second kappa shape index (κ2) is 8.35. The average Bonchev–Trinajstić information content (AvgIpc) is 3.36. The second-order valence-corrected chi connectivity index (χ2v) is 11.0. The fourth-order valence-corrected chi connectivity index (χ4v) is 6.25. The third-order valence-corrected chi connectivity index (χ3v) is 8.87. The zero-order chi connectivity index (χ0) is 20.8. The van der Waals surface area contributed by atoms with Crippen LogP contribution in [0, 0.1) is 5.92 Å². The minimum atomic E-state index is 0.587. The van der Waals surface area contributed by atoms with Crippen molar-refractivity contribution < 1.29 is 0 Å². The minimum absolute atomic E-state index is 0.587. The standard InChI is InChI=1S/C21H21IN7PS/c22-30-29-10-14(9-25-29)15-3-4-16(21-20(15)24-12-31-21)17-5-6-19(27-26-17)28-8-7-23-18(11-28)13-1-2-13/h3-6,9-10,12-13,18,23,30H,1-2,7-8,11H2. The number of piperazine rings is 1. The van der Waals surface area contributed by atoms with E-state index in [2.05, 4.69) is 83.0 Å². The Hall–Kier alpha value is -1.68. The molecule has 158 valence electrons. The number of nitrogens with zero attached hydrogens (tertiary/aromatic N) is 6. The lowest BCUT2D eigenvalue weighted by atomic mass is 10.0. The number of hydrogen-bond donors (Lipinski definition) is 1. The zero-order valence-corrected chi connectivity index (χ0v) is 20.7. The molecule has 2 atom stereocenters. The van der Waals surface area contributed by atoms with Crippen molar-refractivity contribution in [3.63, 3.8) is 0 Å². The lowest BCUT2D eigenvalue weighted by molar-refractivity contribution is 0.416. The van der Waals surface area contributed by atoms with Crippen molar-refractivity contribution in [2.45, 2.75) is 18.9 Å². The van der Waals surface area contributed by atoms with Gasteiger partial charge < -0.3 is 10.2 Å². The smallest absolute Gasteiger partial charge is 0.151 e. The summed E-state index contributed by atoms with van der Waals surface area (Å²) in [4.78, 5) is 7.02. The van der Waals surface area contributed by atoms with Crippen LogP contribution in [0.2, 0.25) is 0 Å². The molecule has 0 bridgehead atoms. The van der Waals surface area contributed by atoms with Crippen molar-refractivity contribution in [2.75, 3.05) is 24.5 Å². The van der Waals surface area contributed by atoms with Gasteiger partial charge in [0.1, 0.15) is 0 Å². The van der Waals surface area contributed by atoms with E-state index in [1.54, 1.807) is 11.3 Å². The van der Waals surface area contributed by atoms with E-state index in [4.69, 9.17) is 0 Å². The van der Waals surface area contributed by atoms with E-state index < -0.39 is 0 Å². The SMILES string of the molecule is IPn1cc(-c2ccc(-c3ccc(N4CCNC(C5CC5)C4)nn3)c3scnc23)cn1. The van der Waals surface area contributed by atoms with E-state index >= 15 is 0 Å². The molecule has 2 fully saturated rings. The van der Waals surface area contributed by atoms with Gasteiger partial charge in [-0.1, -0.05) is 12.1 Å². The summed E-state index contributed by atoms with van der Waals surface area (Å²) >= 11 is 3.98. The van der Waals surface area contributed by atoms with Crippen LogP contribution in [0.4, 0.5) is 5.82 Å². The Kier molecular flexibility index (Phi) is 5.38. The van der Waals surface area contributed by atoms with Crippen LogP contribution in [0.5, 0.6) is 0 Å². The van der Waals surface area contributed by atoms with Gasteiger partial charge in [-0.3, -0.25) is 0 Å². The summed E-state index contributed by atoms with van der Waals surface area (Å²) in [6.45, 7) is 3.02. The van der Waals surface area contributed by atoms with Crippen molar-refractivity contribution in [3.8, 4) is 22.4 Å². The van der Waals surface area contributed by atoms with Gasteiger partial charge in [0.25, 0.3) is 0 Å². The fraction of sp³-hybridized carbons (Fsp3) is 0.333. The van der Waals surface area contributed by atoms with Crippen LogP contribution in [-0.4, -0.2) is 50.4 Å². The number of thiazole rings is 1. The molecule has 2 unspecified atom stereocenters. The average molecular weight is 561 g/mol. The summed E-state index contributed by atoms with van der Waals surface area (Å²) in [5, 5.41) is 17.3. The molecule has 0 amide bonds. The van der Waals surface area contributed by atoms with Gasteiger partial charge in [-0.15, -0.1) is 21.5 Å². The first-order chi connectivity index (χ1) is 15.3. The zero-order valence-electron chi connectivity index (χ0n) is 16.7. The van der Waals surface area contributed by atoms with Crippen LogP contribution in [-0.2, 0) is 0 Å². The molecule has 4 aromatic rings. The fourth-order valence-electron chi connectivity index (χ4n) is 4.33. The summed E-state index contributed by atoms with van der Waals surface area (Å²) in [5.74, 6) is 1.82. The van der Waals surface area contributed by atoms with Crippen LogP contribution in [0.1, 0.15) is 12.8 Å². The maximum Gasteiger partial charge on any atom is 0.151 e. The number of rotatable bonds is 5. The molecule has 10 heteroatoms. The molecule has 1 N–H and O–H groups in total. The largest absolute Gasteiger partial charge is 0.352 e. The molecule has 31 heavy (non-hydrogen) atoms. The highest BCUT2D eigenvalue weighted by atomic mass is 127. The van der Waals surface area contributed by atoms with E-state index in [1.807, 2.05) is 16.2 Å². The Bertz CT molecular complexity index is 1220. The number of halogens is 1. The quantitative estimate of drug-likeness (QED) is 0.284. The van der Waals surface area contributed by atoms with Crippen molar-refractivity contribution in [2.24, 2.45) is 5.92 Å². The maximum absolute atomic E-state index is 4.66. The Morgan fingerprint density at radius 2 is 2.03 bits per heavy atom. The number of aromatic nitrogens is 5. The minimum Gasteiger partial charge on any atom is -0.352 e. The van der Waals surface area contributed by atoms with Crippen LogP contribution in [0.25, 0.3) is 32.6 Å². The first-order valence-electron chi connectivity index (χ1n) is 10.4. The van der Waals surface area contributed by atoms with E-state index in [0.29, 0.717) is 12.4 Å². The molecule has 7 nitrogen and oxygen atoms in total. The predicted molar refractivity (Wildman–Crippen MR) is 136 cm³/mol. The van der Waals surface area contributed by atoms with Gasteiger partial charge in [0, 0.05) is 48.6 Å². The van der Waals surface area contributed by atoms with Crippen LogP contribution >= 0.6 is 39.8 Å². The summed E-state index contributed by atoms with van der Waals surface area (Å²) in [7, 11) is 0. The topological polar surface area (TPSA) is 71.8 Å². The molecule has 1 saturated carbocycles. The molecule has 4 heterocycles. The number of hydrogen-bond acceptors (Lipinski definition) is 7. The highest BCUT2D eigenvalue weighted by Crippen LogP contribution is 2.38. The second-order valence-electron chi connectivity index (χ2n) is 8.07. The van der Waals surface area contributed by atoms with Crippen molar-refractivity contribution >= 4 is 55.8 Å². The predicted octanol–water partition coefficient (Wildman–Crippen LogP) is 4.60. The lowest BCUT2D eigenvalue weighted by Crippen LogP contribution is -2.52. The van der Waals surface area contributed by atoms with Crippen molar-refractivity contribution in [1.82, 2.24) is 30.0 Å². The summed E-state index contributed by atoms with van der Waals surface area (Å²) < 4.78 is 3.09. The Morgan fingerprint density at radius 3 is 2.81 bits per heavy atom. The summed E-state index contributed by atoms with van der Waals surface area (Å²) in [5.41, 5.74) is 7.08. The van der Waals surface area contributed by atoms with Crippen LogP contribution in [0.3, 0.4) is 0 Å².